The summed E-state index contributed by atoms with van der Waals surface area (Å²) in [6.07, 6.45) is 1.75. The monoisotopic (exact) mass is 417 g/mol. The molecule has 0 aliphatic heterocycles. The van der Waals surface area contributed by atoms with Crippen LogP contribution in [0.25, 0.3) is 55.1 Å². The van der Waals surface area contributed by atoms with Gasteiger partial charge in [0.1, 0.15) is 18.2 Å². The summed E-state index contributed by atoms with van der Waals surface area (Å²) in [4.78, 5) is 0. The molecule has 0 fully saturated rings. The van der Waals surface area contributed by atoms with Crippen molar-refractivity contribution in [1.29, 1.82) is 0 Å². The molecule has 2 heterocycles. The summed E-state index contributed by atoms with van der Waals surface area (Å²) in [7, 11) is 1.91. The minimum absolute atomic E-state index is 0.342. The van der Waals surface area contributed by atoms with Crippen LogP contribution in [0.2, 0.25) is 0 Å². The molecule has 32 heavy (non-hydrogen) atoms. The van der Waals surface area contributed by atoms with Crippen LogP contribution in [0.3, 0.4) is 0 Å². The lowest BCUT2D eigenvalue weighted by molar-refractivity contribution is -0.660. The van der Waals surface area contributed by atoms with Crippen molar-refractivity contribution >= 4 is 32.7 Å². The van der Waals surface area contributed by atoms with Crippen LogP contribution in [0.15, 0.2) is 95.5 Å². The molecular weight excluding hydrogens is 390 g/mol. The lowest BCUT2D eigenvalue weighted by atomic mass is 9.96. The normalized spacial score (nSPS) is 13.4. The van der Waals surface area contributed by atoms with Crippen LogP contribution in [0.5, 0.6) is 0 Å². The molecule has 2 aromatic heterocycles. The maximum Gasteiger partial charge on any atom is 0.213 e. The summed E-state index contributed by atoms with van der Waals surface area (Å²) in [5.74, 6) is 0. The van der Waals surface area contributed by atoms with E-state index in [1.807, 2.05) is 60.1 Å². The third-order valence-corrected chi connectivity index (χ3v) is 6.32. The van der Waals surface area contributed by atoms with Crippen molar-refractivity contribution in [3.05, 3.63) is 102 Å². The van der Waals surface area contributed by atoms with E-state index in [9.17, 15) is 0 Å². The highest BCUT2D eigenvalue weighted by Gasteiger charge is 2.19. The van der Waals surface area contributed by atoms with Crippen molar-refractivity contribution < 1.29 is 13.1 Å². The molecule has 4 aromatic carbocycles. The Morgan fingerprint density at radius 3 is 2.19 bits per heavy atom. The average molecular weight is 418 g/mol. The molecule has 0 unspecified atom stereocenters. The van der Waals surface area contributed by atoms with E-state index in [1.54, 1.807) is 6.20 Å². The molecule has 0 saturated heterocycles. The lowest BCUT2D eigenvalue weighted by Crippen LogP contribution is -2.31. The predicted octanol–water partition coefficient (Wildman–Crippen LogP) is 7.51. The van der Waals surface area contributed by atoms with Gasteiger partial charge >= 0.3 is 0 Å². The van der Waals surface area contributed by atoms with Crippen LogP contribution in [0.4, 0.5) is 0 Å². The minimum atomic E-state index is -2.22. The summed E-state index contributed by atoms with van der Waals surface area (Å²) in [5.41, 5.74) is 6.73. The van der Waals surface area contributed by atoms with Crippen molar-refractivity contribution in [1.82, 2.24) is 0 Å². The number of nitrogens with zero attached hydrogens (tertiary/aromatic N) is 1. The van der Waals surface area contributed by atoms with Crippen LogP contribution in [-0.4, -0.2) is 0 Å². The van der Waals surface area contributed by atoms with Crippen LogP contribution >= 0.6 is 0 Å². The summed E-state index contributed by atoms with van der Waals surface area (Å²) in [6.45, 7) is -0.152. The highest BCUT2D eigenvalue weighted by atomic mass is 16.3. The molecule has 2 nitrogen and oxygen atoms in total. The van der Waals surface area contributed by atoms with E-state index in [1.165, 1.54) is 5.39 Å². The summed E-state index contributed by atoms with van der Waals surface area (Å²) >= 11 is 0. The Morgan fingerprint density at radius 2 is 1.41 bits per heavy atom. The number of aryl methyl sites for hydroxylation is 3. The molecule has 0 saturated carbocycles. The van der Waals surface area contributed by atoms with Gasteiger partial charge in [0.25, 0.3) is 0 Å². The number of hydrogen-bond donors (Lipinski definition) is 0. The second-order valence-electron chi connectivity index (χ2n) is 8.42. The fraction of sp³-hybridized carbons (Fsp3) is 0.100. The Kier molecular flexibility index (Phi) is 3.49. The van der Waals surface area contributed by atoms with Gasteiger partial charge in [-0.1, -0.05) is 54.6 Å². The van der Waals surface area contributed by atoms with Gasteiger partial charge in [-0.15, -0.1) is 0 Å². The van der Waals surface area contributed by atoms with E-state index in [0.29, 0.717) is 5.56 Å². The zero-order chi connectivity index (χ0) is 24.3. The molecule has 0 aliphatic carbocycles. The predicted molar refractivity (Wildman–Crippen MR) is 133 cm³/mol. The lowest BCUT2D eigenvalue weighted by Gasteiger charge is -2.10. The SMILES string of the molecule is [2H]C([2H])([2H])c1c[n+](C)c(-c2cc3c(cc2C)oc2cc4ccccc4cc23)cc1-c1ccccc1. The van der Waals surface area contributed by atoms with Crippen LogP contribution in [0, 0.1) is 13.8 Å². The van der Waals surface area contributed by atoms with Gasteiger partial charge < -0.3 is 4.42 Å². The zero-order valence-electron chi connectivity index (χ0n) is 21.0. The Hall–Kier alpha value is -3.91. The number of aromatic nitrogens is 1. The van der Waals surface area contributed by atoms with Gasteiger partial charge in [0.2, 0.25) is 5.69 Å². The van der Waals surface area contributed by atoms with Crippen molar-refractivity contribution in [2.75, 3.05) is 0 Å². The number of hydrogen-bond acceptors (Lipinski definition) is 1. The second kappa shape index (κ2) is 7.06. The van der Waals surface area contributed by atoms with Gasteiger partial charge in [-0.05, 0) is 65.5 Å². The molecule has 0 N–H and O–H groups in total. The van der Waals surface area contributed by atoms with E-state index in [0.717, 1.165) is 55.3 Å². The molecule has 0 radical (unpaired) electrons. The molecule has 0 amide bonds. The molecule has 0 spiro atoms. The third kappa shape index (κ3) is 2.91. The molecular formula is C30H24NO+. The molecule has 0 bridgehead atoms. The number of benzene rings is 4. The molecule has 0 atom stereocenters. The third-order valence-electron chi connectivity index (χ3n) is 6.32. The van der Waals surface area contributed by atoms with E-state index >= 15 is 0 Å². The fourth-order valence-electron chi connectivity index (χ4n) is 4.66. The van der Waals surface area contributed by atoms with Crippen LogP contribution in [-0.2, 0) is 7.05 Å². The highest BCUT2D eigenvalue weighted by molar-refractivity contribution is 6.11. The molecule has 0 aliphatic rings. The quantitative estimate of drug-likeness (QED) is 0.266. The van der Waals surface area contributed by atoms with Gasteiger partial charge in [-0.25, -0.2) is 4.57 Å². The molecule has 6 rings (SSSR count). The van der Waals surface area contributed by atoms with Gasteiger partial charge in [0.05, 0.1) is 0 Å². The van der Waals surface area contributed by atoms with E-state index in [-0.39, 0.29) is 0 Å². The Bertz CT molecular complexity index is 1750. The second-order valence-corrected chi connectivity index (χ2v) is 8.42. The first-order valence-electron chi connectivity index (χ1n) is 12.3. The van der Waals surface area contributed by atoms with Crippen molar-refractivity contribution in [3.8, 4) is 22.4 Å². The number of fused-ring (bicyclic) bond motifs is 4. The van der Waals surface area contributed by atoms with Crippen molar-refractivity contribution in [3.63, 3.8) is 0 Å². The largest absolute Gasteiger partial charge is 0.456 e. The zero-order valence-corrected chi connectivity index (χ0v) is 18.0. The smallest absolute Gasteiger partial charge is 0.213 e. The van der Waals surface area contributed by atoms with Gasteiger partial charge in [-0.3, -0.25) is 0 Å². The van der Waals surface area contributed by atoms with E-state index in [2.05, 4.69) is 43.3 Å². The molecule has 6 aromatic rings. The maximum absolute atomic E-state index is 8.13. The fourth-order valence-corrected chi connectivity index (χ4v) is 4.66. The summed E-state index contributed by atoms with van der Waals surface area (Å²) < 4.78 is 32.5. The van der Waals surface area contributed by atoms with Gasteiger partial charge in [0, 0.05) is 32.1 Å². The standard InChI is InChI=1S/C30H24NO/c1-19-13-29-27(26-14-22-11-7-8-12-23(22)15-30(26)32-29)16-25(19)28-17-24(20(2)18-31(28)3)21-9-5-4-6-10-21/h4-18H,1-3H3/q+1/i2D3. The van der Waals surface area contributed by atoms with Crippen molar-refractivity contribution in [2.24, 2.45) is 7.05 Å². The van der Waals surface area contributed by atoms with Crippen LogP contribution < -0.4 is 4.57 Å². The Labute approximate surface area is 191 Å². The van der Waals surface area contributed by atoms with Crippen LogP contribution in [0.1, 0.15) is 15.2 Å². The minimum Gasteiger partial charge on any atom is -0.456 e. The first-order valence-corrected chi connectivity index (χ1v) is 10.8. The van der Waals surface area contributed by atoms with E-state index < -0.39 is 6.85 Å². The van der Waals surface area contributed by atoms with E-state index in [4.69, 9.17) is 8.53 Å². The molecule has 2 heteroatoms. The van der Waals surface area contributed by atoms with Gasteiger partial charge in [-0.2, -0.15) is 0 Å². The number of rotatable bonds is 2. The van der Waals surface area contributed by atoms with Crippen molar-refractivity contribution in [2.45, 2.75) is 13.8 Å². The number of pyridine rings is 1. The topological polar surface area (TPSA) is 17.0 Å². The van der Waals surface area contributed by atoms with Gasteiger partial charge in [0.15, 0.2) is 6.20 Å². The average Bonchev–Trinajstić information content (AvgIpc) is 3.18. The maximum atomic E-state index is 8.13. The number of furan rings is 1. The Morgan fingerprint density at radius 1 is 0.719 bits per heavy atom. The summed E-state index contributed by atoms with van der Waals surface area (Å²) in [6, 6.07) is 28.5. The Balaban J connectivity index is 1.62. The first-order chi connectivity index (χ1) is 16.8. The summed E-state index contributed by atoms with van der Waals surface area (Å²) in [5, 5.41) is 4.44. The highest BCUT2D eigenvalue weighted by Crippen LogP contribution is 2.36. The first kappa shape index (κ1) is 15.8. The molecule has 154 valence electrons.